The van der Waals surface area contributed by atoms with Gasteiger partial charge in [-0.1, -0.05) is 24.0 Å². The quantitative estimate of drug-likeness (QED) is 0.570. The maximum absolute atomic E-state index is 12.1. The molecule has 0 saturated carbocycles. The first-order chi connectivity index (χ1) is 9.82. The predicted octanol–water partition coefficient (Wildman–Crippen LogP) is -1.14. The molecule has 0 aliphatic carbocycles. The van der Waals surface area contributed by atoms with Gasteiger partial charge in [0, 0.05) is 12.1 Å². The Morgan fingerprint density at radius 2 is 1.86 bits per heavy atom. The Labute approximate surface area is 124 Å². The molecule has 0 atom stereocenters. The zero-order chi connectivity index (χ0) is 15.9. The van der Waals surface area contributed by atoms with E-state index < -0.39 is 20.0 Å². The number of rotatable bonds is 6. The second-order valence-corrected chi connectivity index (χ2v) is 7.66. The van der Waals surface area contributed by atoms with E-state index >= 15 is 0 Å². The molecule has 0 aromatic heterocycles. The van der Waals surface area contributed by atoms with Crippen molar-refractivity contribution >= 4 is 20.0 Å². The summed E-state index contributed by atoms with van der Waals surface area (Å²) in [5.41, 5.74) is 0.232. The van der Waals surface area contributed by atoms with Gasteiger partial charge in [0.25, 0.3) is 0 Å². The van der Waals surface area contributed by atoms with Gasteiger partial charge in [-0.05, 0) is 19.2 Å². The Morgan fingerprint density at radius 3 is 2.48 bits per heavy atom. The molecule has 0 bridgehead atoms. The van der Waals surface area contributed by atoms with Gasteiger partial charge >= 0.3 is 0 Å². The molecule has 0 amide bonds. The van der Waals surface area contributed by atoms with Gasteiger partial charge in [-0.2, -0.15) is 0 Å². The molecule has 0 aliphatic rings. The molecule has 21 heavy (non-hydrogen) atoms. The molecule has 0 heterocycles. The van der Waals surface area contributed by atoms with Crippen LogP contribution in [0, 0.1) is 11.8 Å². The van der Waals surface area contributed by atoms with Crippen molar-refractivity contribution in [3.8, 4) is 11.8 Å². The third kappa shape index (κ3) is 5.45. The van der Waals surface area contributed by atoms with Crippen molar-refractivity contribution in [2.24, 2.45) is 0 Å². The molecule has 7 nitrogen and oxygen atoms in total. The first-order valence-electron chi connectivity index (χ1n) is 5.92. The minimum Gasteiger partial charge on any atom is -0.384 e. The number of nitrogens with one attached hydrogen (secondary N) is 2. The summed E-state index contributed by atoms with van der Waals surface area (Å²) in [6.07, 6.45) is 0. The standard InChI is InChI=1S/C12H16N2O5S2/c1-13-20(16,17)10-8-14-21(18,19)12-7-3-2-5-11(12)6-4-9-15/h2-3,5,7,13-15H,8-10H2,1H3. The van der Waals surface area contributed by atoms with Crippen LogP contribution in [0.25, 0.3) is 0 Å². The molecule has 0 spiro atoms. The molecular weight excluding hydrogens is 316 g/mol. The number of benzene rings is 1. The normalized spacial score (nSPS) is 11.7. The lowest BCUT2D eigenvalue weighted by Gasteiger charge is -2.08. The average Bonchev–Trinajstić information content (AvgIpc) is 2.45. The van der Waals surface area contributed by atoms with Crippen LogP contribution in [0.1, 0.15) is 5.56 Å². The maximum Gasteiger partial charge on any atom is 0.241 e. The van der Waals surface area contributed by atoms with Crippen molar-refractivity contribution in [1.82, 2.24) is 9.44 Å². The first kappa shape index (κ1) is 17.6. The summed E-state index contributed by atoms with van der Waals surface area (Å²) < 4.78 is 51.0. The number of hydrogen-bond donors (Lipinski definition) is 3. The van der Waals surface area contributed by atoms with Crippen molar-refractivity contribution in [2.45, 2.75) is 4.90 Å². The second kappa shape index (κ2) is 7.53. The zero-order valence-corrected chi connectivity index (χ0v) is 13.0. The van der Waals surface area contributed by atoms with E-state index in [4.69, 9.17) is 5.11 Å². The molecule has 0 saturated heterocycles. The highest BCUT2D eigenvalue weighted by Crippen LogP contribution is 2.13. The van der Waals surface area contributed by atoms with E-state index in [0.29, 0.717) is 0 Å². The molecule has 1 aromatic carbocycles. The third-order valence-corrected chi connectivity index (χ3v) is 5.34. The lowest BCUT2D eigenvalue weighted by atomic mass is 10.2. The van der Waals surface area contributed by atoms with E-state index in [1.54, 1.807) is 6.07 Å². The van der Waals surface area contributed by atoms with Gasteiger partial charge < -0.3 is 5.11 Å². The predicted molar refractivity (Wildman–Crippen MR) is 78.4 cm³/mol. The highest BCUT2D eigenvalue weighted by Gasteiger charge is 2.18. The fourth-order valence-electron chi connectivity index (χ4n) is 1.43. The van der Waals surface area contributed by atoms with Crippen molar-refractivity contribution in [1.29, 1.82) is 0 Å². The lowest BCUT2D eigenvalue weighted by Crippen LogP contribution is -2.33. The largest absolute Gasteiger partial charge is 0.384 e. The number of aliphatic hydroxyl groups excluding tert-OH is 1. The second-order valence-electron chi connectivity index (χ2n) is 3.88. The van der Waals surface area contributed by atoms with Crippen molar-refractivity contribution < 1.29 is 21.9 Å². The summed E-state index contributed by atoms with van der Waals surface area (Å²) in [6, 6.07) is 6.01. The summed E-state index contributed by atoms with van der Waals surface area (Å²) in [5.74, 6) is 4.54. The van der Waals surface area contributed by atoms with Crippen LogP contribution in [0.15, 0.2) is 29.2 Å². The summed E-state index contributed by atoms with van der Waals surface area (Å²) >= 11 is 0. The Morgan fingerprint density at radius 1 is 1.19 bits per heavy atom. The van der Waals surface area contributed by atoms with E-state index in [2.05, 4.69) is 21.3 Å². The van der Waals surface area contributed by atoms with Crippen LogP contribution in [0.5, 0.6) is 0 Å². The molecule has 1 aromatic rings. The molecular formula is C12H16N2O5S2. The highest BCUT2D eigenvalue weighted by atomic mass is 32.2. The van der Waals surface area contributed by atoms with Gasteiger partial charge in [-0.15, -0.1) is 0 Å². The van der Waals surface area contributed by atoms with Crippen LogP contribution < -0.4 is 9.44 Å². The SMILES string of the molecule is CNS(=O)(=O)CCNS(=O)(=O)c1ccccc1C#CCO. The topological polar surface area (TPSA) is 113 Å². The van der Waals surface area contributed by atoms with Gasteiger partial charge in [0.15, 0.2) is 0 Å². The number of sulfonamides is 2. The zero-order valence-electron chi connectivity index (χ0n) is 11.3. The highest BCUT2D eigenvalue weighted by molar-refractivity contribution is 7.90. The van der Waals surface area contributed by atoms with Gasteiger partial charge in [-0.25, -0.2) is 26.3 Å². The smallest absolute Gasteiger partial charge is 0.241 e. The van der Waals surface area contributed by atoms with E-state index in [0.717, 1.165) is 0 Å². The lowest BCUT2D eigenvalue weighted by molar-refractivity contribution is 0.350. The minimum atomic E-state index is -3.88. The van der Waals surface area contributed by atoms with Crippen molar-refractivity contribution in [2.75, 3.05) is 26.0 Å². The summed E-state index contributed by atoms with van der Waals surface area (Å²) in [6.45, 7) is -0.643. The molecule has 0 aliphatic heterocycles. The molecule has 0 fully saturated rings. The van der Waals surface area contributed by atoms with E-state index in [1.807, 2.05) is 0 Å². The average molecular weight is 332 g/mol. The Balaban J connectivity index is 2.94. The van der Waals surface area contributed by atoms with Crippen molar-refractivity contribution in [3.05, 3.63) is 29.8 Å². The molecule has 1 rings (SSSR count). The van der Waals surface area contributed by atoms with Gasteiger partial charge in [-0.3, -0.25) is 0 Å². The molecule has 9 heteroatoms. The summed E-state index contributed by atoms with van der Waals surface area (Å²) in [5, 5.41) is 8.67. The van der Waals surface area contributed by atoms with E-state index in [9.17, 15) is 16.8 Å². The molecule has 0 unspecified atom stereocenters. The summed E-state index contributed by atoms with van der Waals surface area (Å²) in [7, 11) is -6.11. The molecule has 3 N–H and O–H groups in total. The summed E-state index contributed by atoms with van der Waals surface area (Å²) in [4.78, 5) is -0.0622. The first-order valence-corrected chi connectivity index (χ1v) is 9.05. The van der Waals surface area contributed by atoms with Gasteiger partial charge in [0.05, 0.1) is 10.6 Å². The van der Waals surface area contributed by atoms with E-state index in [1.165, 1.54) is 25.2 Å². The van der Waals surface area contributed by atoms with Crippen LogP contribution >= 0.6 is 0 Å². The maximum atomic E-state index is 12.1. The monoisotopic (exact) mass is 332 g/mol. The molecule has 0 radical (unpaired) electrons. The third-order valence-electron chi connectivity index (χ3n) is 2.45. The Kier molecular flexibility index (Phi) is 6.32. The minimum absolute atomic E-state index is 0.0622. The number of hydrogen-bond acceptors (Lipinski definition) is 5. The Bertz CT molecular complexity index is 745. The molecule has 116 valence electrons. The van der Waals surface area contributed by atoms with Crippen LogP contribution in [0.2, 0.25) is 0 Å². The van der Waals surface area contributed by atoms with Crippen LogP contribution in [-0.2, 0) is 20.0 Å². The van der Waals surface area contributed by atoms with Crippen LogP contribution in [-0.4, -0.2) is 47.9 Å². The van der Waals surface area contributed by atoms with Gasteiger partial charge in [0.1, 0.15) is 6.61 Å². The van der Waals surface area contributed by atoms with Crippen LogP contribution in [0.3, 0.4) is 0 Å². The fourth-order valence-corrected chi connectivity index (χ4v) is 3.33. The van der Waals surface area contributed by atoms with Crippen molar-refractivity contribution in [3.63, 3.8) is 0 Å². The van der Waals surface area contributed by atoms with Crippen LogP contribution in [0.4, 0.5) is 0 Å². The number of aliphatic hydroxyl groups is 1. The fraction of sp³-hybridized carbons (Fsp3) is 0.333. The van der Waals surface area contributed by atoms with E-state index in [-0.39, 0.29) is 29.4 Å². The Hall–Kier alpha value is -1.44. The van der Waals surface area contributed by atoms with Gasteiger partial charge in [0.2, 0.25) is 20.0 Å².